The summed E-state index contributed by atoms with van der Waals surface area (Å²) in [4.78, 5) is 13.8. The van der Waals surface area contributed by atoms with E-state index in [9.17, 15) is 18.5 Å². The molecular weight excluding hydrogens is 402 g/mol. The predicted octanol–water partition coefficient (Wildman–Crippen LogP) is 2.93. The topological polar surface area (TPSA) is 102 Å². The number of sulfone groups is 1. The monoisotopic (exact) mass is 425 g/mol. The van der Waals surface area contributed by atoms with E-state index in [2.05, 4.69) is 16.3 Å². The fraction of sp³-hybridized carbons (Fsp3) is 0.444. The van der Waals surface area contributed by atoms with Gasteiger partial charge in [-0.25, -0.2) is 8.42 Å². The van der Waals surface area contributed by atoms with E-state index < -0.39 is 14.8 Å². The smallest absolute Gasteiger partial charge is 0.270 e. The molecule has 2 unspecified atom stereocenters. The average molecular weight is 426 g/mol. The highest BCUT2D eigenvalue weighted by Gasteiger charge is 2.27. The summed E-state index contributed by atoms with van der Waals surface area (Å²) < 4.78 is 30.0. The average Bonchev–Trinajstić information content (AvgIpc) is 3.15. The highest BCUT2D eigenvalue weighted by atomic mass is 32.2. The van der Waals surface area contributed by atoms with Crippen molar-refractivity contribution in [2.24, 2.45) is 0 Å². The molecule has 8 nitrogen and oxygen atoms in total. The van der Waals surface area contributed by atoms with Crippen LogP contribution in [0.15, 0.2) is 40.6 Å². The normalized spacial score (nSPS) is 19.3. The highest BCUT2D eigenvalue weighted by Crippen LogP contribution is 2.30. The van der Waals surface area contributed by atoms with Gasteiger partial charge in [0.15, 0.2) is 9.84 Å². The van der Waals surface area contributed by atoms with Crippen LogP contribution in [-0.2, 0) is 14.6 Å². The Morgan fingerprint density at radius 3 is 2.82 bits per heavy atom. The fourth-order valence-electron chi connectivity index (χ4n) is 3.30. The van der Waals surface area contributed by atoms with Crippen LogP contribution >= 0.6 is 11.3 Å². The van der Waals surface area contributed by atoms with Gasteiger partial charge in [0, 0.05) is 42.9 Å². The number of thiophene rings is 1. The van der Waals surface area contributed by atoms with Gasteiger partial charge in [-0.15, -0.1) is 11.3 Å². The number of nitro groups is 1. The summed E-state index contributed by atoms with van der Waals surface area (Å²) in [5, 5.41) is 16.2. The third-order valence-corrected chi connectivity index (χ3v) is 6.76. The lowest BCUT2D eigenvalue weighted by Crippen LogP contribution is -2.44. The molecule has 0 aliphatic carbocycles. The van der Waals surface area contributed by atoms with Gasteiger partial charge in [0.25, 0.3) is 5.69 Å². The molecule has 1 saturated heterocycles. The first kappa shape index (κ1) is 20.7. The van der Waals surface area contributed by atoms with Gasteiger partial charge in [0.1, 0.15) is 0 Å². The Kier molecular flexibility index (Phi) is 6.33. The van der Waals surface area contributed by atoms with Gasteiger partial charge in [-0.2, -0.15) is 0 Å². The summed E-state index contributed by atoms with van der Waals surface area (Å²) in [5.41, 5.74) is 0.124. The molecule has 1 N–H and O–H groups in total. The largest absolute Gasteiger partial charge is 0.382 e. The van der Waals surface area contributed by atoms with Crippen LogP contribution in [-0.4, -0.2) is 56.8 Å². The zero-order valence-electron chi connectivity index (χ0n) is 15.7. The first-order valence-corrected chi connectivity index (χ1v) is 11.6. The zero-order valence-corrected chi connectivity index (χ0v) is 17.3. The minimum atomic E-state index is -3.62. The standard InChI is InChI=1S/C18H23N3O5S2/c1-13-12-20(7-8-26-13)16(17-4-3-9-27-17)11-19-15-6-5-14(21(22)23)10-18(15)28(2,24)25/h3-6,9-10,13,16,19H,7-8,11-12H2,1-2H3. The molecule has 1 aromatic carbocycles. The Bertz CT molecular complexity index is 931. The first-order valence-electron chi connectivity index (χ1n) is 8.87. The third kappa shape index (κ3) is 4.88. The lowest BCUT2D eigenvalue weighted by Gasteiger charge is -2.37. The molecule has 0 saturated carbocycles. The second kappa shape index (κ2) is 8.56. The van der Waals surface area contributed by atoms with Crippen molar-refractivity contribution in [2.45, 2.75) is 24.0 Å². The lowest BCUT2D eigenvalue weighted by molar-refractivity contribution is -0.385. The summed E-state index contributed by atoms with van der Waals surface area (Å²) in [5.74, 6) is 0. The van der Waals surface area contributed by atoms with E-state index in [1.807, 2.05) is 18.4 Å². The molecule has 0 radical (unpaired) electrons. The third-order valence-electron chi connectivity index (χ3n) is 4.65. The number of hydrogen-bond acceptors (Lipinski definition) is 8. The lowest BCUT2D eigenvalue weighted by atomic mass is 10.1. The minimum Gasteiger partial charge on any atom is -0.382 e. The van der Waals surface area contributed by atoms with Crippen LogP contribution in [0, 0.1) is 10.1 Å². The molecule has 1 aliphatic heterocycles. The van der Waals surface area contributed by atoms with Crippen molar-refractivity contribution in [2.75, 3.05) is 37.8 Å². The van der Waals surface area contributed by atoms with Crippen molar-refractivity contribution in [1.29, 1.82) is 0 Å². The van der Waals surface area contributed by atoms with E-state index in [4.69, 9.17) is 4.74 Å². The number of anilines is 1. The molecule has 1 aliphatic rings. The summed E-state index contributed by atoms with van der Waals surface area (Å²) >= 11 is 1.65. The Morgan fingerprint density at radius 2 is 2.21 bits per heavy atom. The summed E-state index contributed by atoms with van der Waals surface area (Å²) in [7, 11) is -3.62. The van der Waals surface area contributed by atoms with Crippen LogP contribution in [0.1, 0.15) is 17.8 Å². The van der Waals surface area contributed by atoms with Gasteiger partial charge in [0.05, 0.1) is 34.3 Å². The van der Waals surface area contributed by atoms with Gasteiger partial charge in [0.2, 0.25) is 0 Å². The van der Waals surface area contributed by atoms with Crippen LogP contribution < -0.4 is 5.32 Å². The van der Waals surface area contributed by atoms with E-state index in [0.717, 1.165) is 25.4 Å². The van der Waals surface area contributed by atoms with Gasteiger partial charge in [-0.1, -0.05) is 6.07 Å². The Morgan fingerprint density at radius 1 is 1.43 bits per heavy atom. The van der Waals surface area contributed by atoms with Crippen LogP contribution in [0.2, 0.25) is 0 Å². The first-order chi connectivity index (χ1) is 13.3. The van der Waals surface area contributed by atoms with Gasteiger partial charge >= 0.3 is 0 Å². The molecular formula is C18H23N3O5S2. The van der Waals surface area contributed by atoms with E-state index in [0.29, 0.717) is 18.8 Å². The number of nitrogens with zero attached hydrogens (tertiary/aromatic N) is 2. The Labute approximate surface area is 168 Å². The van der Waals surface area contributed by atoms with Crippen LogP contribution in [0.25, 0.3) is 0 Å². The molecule has 0 bridgehead atoms. The number of non-ortho nitro benzene ring substituents is 1. The summed E-state index contributed by atoms with van der Waals surface area (Å²) in [6, 6.07) is 7.98. The van der Waals surface area contributed by atoms with Gasteiger partial charge < -0.3 is 10.1 Å². The predicted molar refractivity (Wildman–Crippen MR) is 109 cm³/mol. The highest BCUT2D eigenvalue weighted by molar-refractivity contribution is 7.90. The van der Waals surface area contributed by atoms with Crippen molar-refractivity contribution in [3.8, 4) is 0 Å². The minimum absolute atomic E-state index is 0.0500. The number of benzene rings is 1. The number of rotatable bonds is 7. The van der Waals surface area contributed by atoms with Gasteiger partial charge in [-0.05, 0) is 24.4 Å². The fourth-order valence-corrected chi connectivity index (χ4v) is 5.04. The molecule has 1 fully saturated rings. The van der Waals surface area contributed by atoms with Gasteiger partial charge in [-0.3, -0.25) is 15.0 Å². The van der Waals surface area contributed by atoms with Crippen molar-refractivity contribution in [3.05, 3.63) is 50.7 Å². The second-order valence-electron chi connectivity index (χ2n) is 6.80. The maximum Gasteiger partial charge on any atom is 0.270 e. The molecule has 10 heteroatoms. The molecule has 28 heavy (non-hydrogen) atoms. The molecule has 0 amide bonds. The Balaban J connectivity index is 1.86. The molecule has 2 heterocycles. The molecule has 2 aromatic rings. The zero-order chi connectivity index (χ0) is 20.3. The molecule has 0 spiro atoms. The van der Waals surface area contributed by atoms with Crippen molar-refractivity contribution in [1.82, 2.24) is 4.90 Å². The second-order valence-corrected chi connectivity index (χ2v) is 9.76. The number of nitrogens with one attached hydrogen (secondary N) is 1. The van der Waals surface area contributed by atoms with Crippen molar-refractivity contribution < 1.29 is 18.1 Å². The SMILES string of the molecule is CC1CN(C(CNc2ccc([N+](=O)[O-])cc2S(C)(=O)=O)c2cccs2)CCO1. The Hall–Kier alpha value is -2.01. The van der Waals surface area contributed by atoms with E-state index in [1.165, 1.54) is 17.0 Å². The van der Waals surface area contributed by atoms with E-state index in [1.54, 1.807) is 11.3 Å². The molecule has 2 atom stereocenters. The van der Waals surface area contributed by atoms with Crippen LogP contribution in [0.5, 0.6) is 0 Å². The number of morpholine rings is 1. The number of ether oxygens (including phenoxy) is 1. The maximum atomic E-state index is 12.2. The summed E-state index contributed by atoms with van der Waals surface area (Å²) in [6.45, 7) is 4.73. The maximum absolute atomic E-state index is 12.2. The molecule has 152 valence electrons. The van der Waals surface area contributed by atoms with Crippen molar-refractivity contribution >= 4 is 32.5 Å². The molecule has 1 aromatic heterocycles. The number of hydrogen-bond donors (Lipinski definition) is 1. The number of nitro benzene ring substituents is 1. The van der Waals surface area contributed by atoms with E-state index in [-0.39, 0.29) is 22.7 Å². The van der Waals surface area contributed by atoms with Crippen LogP contribution in [0.3, 0.4) is 0 Å². The quantitative estimate of drug-likeness (QED) is 0.537. The molecule has 3 rings (SSSR count). The van der Waals surface area contributed by atoms with E-state index >= 15 is 0 Å². The van der Waals surface area contributed by atoms with Crippen molar-refractivity contribution in [3.63, 3.8) is 0 Å². The van der Waals surface area contributed by atoms with Crippen LogP contribution in [0.4, 0.5) is 11.4 Å². The summed E-state index contributed by atoms with van der Waals surface area (Å²) in [6.07, 6.45) is 1.18.